The quantitative estimate of drug-likeness (QED) is 0.571. The summed E-state index contributed by atoms with van der Waals surface area (Å²) in [6.45, 7) is 1.23. The Labute approximate surface area is 141 Å². The van der Waals surface area contributed by atoms with Gasteiger partial charge < -0.3 is 20.3 Å². The van der Waals surface area contributed by atoms with Crippen LogP contribution in [0, 0.1) is 5.41 Å². The van der Waals surface area contributed by atoms with Gasteiger partial charge in [-0.1, -0.05) is 0 Å². The molecule has 0 bridgehead atoms. The van der Waals surface area contributed by atoms with E-state index in [1.807, 2.05) is 19.0 Å². The number of nitrogens with one attached hydrogen (secondary N) is 2. The molecule has 1 aromatic rings. The van der Waals surface area contributed by atoms with E-state index in [0.29, 0.717) is 30.6 Å². The number of esters is 1. The second kappa shape index (κ2) is 7.44. The molecule has 0 aromatic heterocycles. The number of benzene rings is 1. The summed E-state index contributed by atoms with van der Waals surface area (Å²) >= 11 is 0. The number of methoxy groups -OCH3 is 1. The van der Waals surface area contributed by atoms with Crippen molar-refractivity contribution in [2.75, 3.05) is 39.6 Å². The average Bonchev–Trinajstić information content (AvgIpc) is 3.36. The van der Waals surface area contributed by atoms with Crippen molar-refractivity contribution in [2.24, 2.45) is 5.41 Å². The maximum atomic E-state index is 12.4. The highest BCUT2D eigenvalue weighted by atomic mass is 16.5. The molecule has 130 valence electrons. The van der Waals surface area contributed by atoms with Crippen LogP contribution in [0.2, 0.25) is 0 Å². The first-order valence-corrected chi connectivity index (χ1v) is 7.82. The minimum Gasteiger partial charge on any atom is -0.465 e. The molecule has 0 atom stereocenters. The number of amides is 2. The molecule has 2 rings (SSSR count). The summed E-state index contributed by atoms with van der Waals surface area (Å²) in [7, 11) is 5.15. The Bertz CT molecular complexity index is 621. The Morgan fingerprint density at radius 1 is 1.12 bits per heavy atom. The molecule has 1 aliphatic rings. The zero-order valence-electron chi connectivity index (χ0n) is 14.2. The van der Waals surface area contributed by atoms with Gasteiger partial charge >= 0.3 is 5.97 Å². The first-order chi connectivity index (χ1) is 11.4. The summed E-state index contributed by atoms with van der Waals surface area (Å²) in [4.78, 5) is 38.1. The zero-order chi connectivity index (χ0) is 17.7. The van der Waals surface area contributed by atoms with Gasteiger partial charge in [0.2, 0.25) is 11.8 Å². The number of ether oxygens (including phenoxy) is 1. The molecule has 2 N–H and O–H groups in total. The van der Waals surface area contributed by atoms with Gasteiger partial charge in [-0.15, -0.1) is 0 Å². The molecular weight excluding hydrogens is 310 g/mol. The predicted molar refractivity (Wildman–Crippen MR) is 89.6 cm³/mol. The molecule has 0 spiro atoms. The third-order valence-electron chi connectivity index (χ3n) is 4.03. The Morgan fingerprint density at radius 3 is 2.25 bits per heavy atom. The van der Waals surface area contributed by atoms with Crippen LogP contribution in [0.15, 0.2) is 24.3 Å². The number of anilines is 1. The van der Waals surface area contributed by atoms with E-state index in [-0.39, 0.29) is 11.8 Å². The highest BCUT2D eigenvalue weighted by molar-refractivity contribution is 6.13. The van der Waals surface area contributed by atoms with Gasteiger partial charge in [0.25, 0.3) is 0 Å². The first kappa shape index (κ1) is 17.9. The van der Waals surface area contributed by atoms with Crippen molar-refractivity contribution in [1.29, 1.82) is 0 Å². The SMILES string of the molecule is COC(=O)c1ccc(NC(=O)C2(C(=O)NCCN(C)C)CC2)cc1. The lowest BCUT2D eigenvalue weighted by atomic mass is 10.0. The predicted octanol–water partition coefficient (Wildman–Crippen LogP) is 0.870. The lowest BCUT2D eigenvalue weighted by Crippen LogP contribution is -2.42. The number of nitrogens with zero attached hydrogens (tertiary/aromatic N) is 1. The highest BCUT2D eigenvalue weighted by Gasteiger charge is 2.56. The Balaban J connectivity index is 1.93. The maximum absolute atomic E-state index is 12.4. The molecule has 7 nitrogen and oxygen atoms in total. The minimum absolute atomic E-state index is 0.229. The van der Waals surface area contributed by atoms with Crippen LogP contribution >= 0.6 is 0 Å². The van der Waals surface area contributed by atoms with Crippen LogP contribution in [0.25, 0.3) is 0 Å². The molecule has 1 aliphatic carbocycles. The number of likely N-dealkylation sites (N-methyl/N-ethyl adjacent to an activating group) is 1. The van der Waals surface area contributed by atoms with Crippen molar-refractivity contribution in [3.05, 3.63) is 29.8 Å². The van der Waals surface area contributed by atoms with Crippen molar-refractivity contribution >= 4 is 23.5 Å². The maximum Gasteiger partial charge on any atom is 0.337 e. The van der Waals surface area contributed by atoms with Crippen molar-refractivity contribution in [1.82, 2.24) is 10.2 Å². The van der Waals surface area contributed by atoms with Gasteiger partial charge in [0, 0.05) is 18.8 Å². The van der Waals surface area contributed by atoms with Crippen LogP contribution in [0.3, 0.4) is 0 Å². The number of hydrogen-bond donors (Lipinski definition) is 2. The van der Waals surface area contributed by atoms with Gasteiger partial charge in [-0.3, -0.25) is 9.59 Å². The van der Waals surface area contributed by atoms with Crippen molar-refractivity contribution in [2.45, 2.75) is 12.8 Å². The van der Waals surface area contributed by atoms with Crippen LogP contribution in [0.1, 0.15) is 23.2 Å². The summed E-state index contributed by atoms with van der Waals surface area (Å²) < 4.78 is 4.62. The van der Waals surface area contributed by atoms with Gasteiger partial charge in [0.1, 0.15) is 5.41 Å². The lowest BCUT2D eigenvalue weighted by Gasteiger charge is -2.16. The van der Waals surface area contributed by atoms with E-state index in [4.69, 9.17) is 0 Å². The molecule has 1 aromatic carbocycles. The minimum atomic E-state index is -0.965. The molecule has 2 amide bonds. The van der Waals surface area contributed by atoms with Crippen molar-refractivity contribution < 1.29 is 19.1 Å². The van der Waals surface area contributed by atoms with Gasteiger partial charge in [0.15, 0.2) is 0 Å². The Morgan fingerprint density at radius 2 is 1.75 bits per heavy atom. The van der Waals surface area contributed by atoms with Crippen LogP contribution in [-0.2, 0) is 14.3 Å². The molecule has 0 radical (unpaired) electrons. The smallest absolute Gasteiger partial charge is 0.337 e. The van der Waals surface area contributed by atoms with Crippen LogP contribution in [-0.4, -0.2) is 57.0 Å². The molecule has 0 aliphatic heterocycles. The highest BCUT2D eigenvalue weighted by Crippen LogP contribution is 2.46. The third-order valence-corrected chi connectivity index (χ3v) is 4.03. The van der Waals surface area contributed by atoms with Crippen molar-refractivity contribution in [3.63, 3.8) is 0 Å². The van der Waals surface area contributed by atoms with Crippen LogP contribution in [0.5, 0.6) is 0 Å². The van der Waals surface area contributed by atoms with Gasteiger partial charge in [-0.25, -0.2) is 4.79 Å². The molecule has 0 unspecified atom stereocenters. The molecule has 24 heavy (non-hydrogen) atoms. The monoisotopic (exact) mass is 333 g/mol. The summed E-state index contributed by atoms with van der Waals surface area (Å²) in [6.07, 6.45) is 1.10. The van der Waals surface area contributed by atoms with E-state index in [2.05, 4.69) is 15.4 Å². The fraction of sp³-hybridized carbons (Fsp3) is 0.471. The summed E-state index contributed by atoms with van der Waals surface area (Å²) in [5, 5.41) is 5.56. The Kier molecular flexibility index (Phi) is 5.56. The zero-order valence-corrected chi connectivity index (χ0v) is 14.2. The summed E-state index contributed by atoms with van der Waals surface area (Å²) in [6, 6.07) is 6.37. The second-order valence-electron chi connectivity index (χ2n) is 6.16. The molecule has 1 fully saturated rings. The van der Waals surface area contributed by atoms with Crippen LogP contribution in [0.4, 0.5) is 5.69 Å². The largest absolute Gasteiger partial charge is 0.465 e. The van der Waals surface area contributed by atoms with E-state index in [9.17, 15) is 14.4 Å². The standard InChI is InChI=1S/C17H23N3O4/c1-20(2)11-10-18-15(22)17(8-9-17)16(23)19-13-6-4-12(5-7-13)14(21)24-3/h4-7H,8-11H2,1-3H3,(H,18,22)(H,19,23). The molecular formula is C17H23N3O4. The fourth-order valence-corrected chi connectivity index (χ4v) is 2.30. The molecule has 1 saturated carbocycles. The molecule has 7 heteroatoms. The molecule has 0 saturated heterocycles. The van der Waals surface area contributed by atoms with Crippen LogP contribution < -0.4 is 10.6 Å². The number of hydrogen-bond acceptors (Lipinski definition) is 5. The summed E-state index contributed by atoms with van der Waals surface area (Å²) in [5.74, 6) is -0.976. The van der Waals surface area contributed by atoms with Gasteiger partial charge in [-0.05, 0) is 51.2 Å². The van der Waals surface area contributed by atoms with E-state index < -0.39 is 11.4 Å². The van der Waals surface area contributed by atoms with Gasteiger partial charge in [0.05, 0.1) is 12.7 Å². The van der Waals surface area contributed by atoms with Gasteiger partial charge in [-0.2, -0.15) is 0 Å². The first-order valence-electron chi connectivity index (χ1n) is 7.82. The average molecular weight is 333 g/mol. The second-order valence-corrected chi connectivity index (χ2v) is 6.16. The summed E-state index contributed by atoms with van der Waals surface area (Å²) in [5.41, 5.74) is -0.0223. The van der Waals surface area contributed by atoms with E-state index >= 15 is 0 Å². The number of carbonyl (C=O) groups is 3. The number of carbonyl (C=O) groups excluding carboxylic acids is 3. The lowest BCUT2D eigenvalue weighted by molar-refractivity contribution is -0.134. The Hall–Kier alpha value is -2.41. The normalized spacial score (nSPS) is 14.8. The van der Waals surface area contributed by atoms with E-state index in [0.717, 1.165) is 6.54 Å². The van der Waals surface area contributed by atoms with E-state index in [1.54, 1.807) is 24.3 Å². The third kappa shape index (κ3) is 4.11. The molecule has 0 heterocycles. The van der Waals surface area contributed by atoms with E-state index in [1.165, 1.54) is 7.11 Å². The fourth-order valence-electron chi connectivity index (χ4n) is 2.30. The van der Waals surface area contributed by atoms with Crippen molar-refractivity contribution in [3.8, 4) is 0 Å². The topological polar surface area (TPSA) is 87.7 Å². The number of rotatable bonds is 7.